The van der Waals surface area contributed by atoms with Crippen LogP contribution < -0.4 is 16.1 Å². The summed E-state index contributed by atoms with van der Waals surface area (Å²) in [5.41, 5.74) is 2.39. The minimum atomic E-state index is -0.773. The minimum Gasteiger partial charge on any atom is -0.463 e. The minimum absolute atomic E-state index is 0.0567. The van der Waals surface area contributed by atoms with Gasteiger partial charge in [-0.1, -0.05) is 45.9 Å². The molecule has 4 N–H and O–H groups in total. The molecule has 316 valence electrons. The molecule has 7 rings (SSSR count). The highest BCUT2D eigenvalue weighted by Gasteiger charge is 2.39. The molecule has 17 heteroatoms. The molecular weight excluding hydrogens is 776 g/mol. The molecule has 0 bridgehead atoms. The van der Waals surface area contributed by atoms with Crippen molar-refractivity contribution in [1.29, 1.82) is 0 Å². The van der Waals surface area contributed by atoms with Crippen LogP contribution in [0.3, 0.4) is 0 Å². The average molecular weight is 825 g/mol. The van der Waals surface area contributed by atoms with Crippen molar-refractivity contribution in [3.05, 3.63) is 82.7 Å². The van der Waals surface area contributed by atoms with E-state index in [9.17, 15) is 24.0 Å². The molecule has 0 unspecified atom stereocenters. The predicted octanol–water partition coefficient (Wildman–Crippen LogP) is 6.47. The third-order valence-corrected chi connectivity index (χ3v) is 11.3. The van der Waals surface area contributed by atoms with E-state index >= 15 is 4.39 Å². The molecule has 2 aliphatic rings. The SMILES string of the molecule is COC(=O)N[C@H](C(=O)N1CCC[C@H]1c1ncc(-c2ccc(-c3coc4cc(-c5cnc([C@@H]6CCCN6C(=O)[C@@H](NC(=O)OC)C(C)C)[nH]5)ccc4c3=O)c(F)c2)[nH]1)C(C)C. The summed E-state index contributed by atoms with van der Waals surface area (Å²) in [5, 5.41) is 5.56. The van der Waals surface area contributed by atoms with Crippen LogP contribution in [0.5, 0.6) is 0 Å². The lowest BCUT2D eigenvalue weighted by atomic mass is 10.0. The molecule has 4 amide bonds. The summed E-state index contributed by atoms with van der Waals surface area (Å²) < 4.78 is 31.2. The molecule has 2 aliphatic heterocycles. The van der Waals surface area contributed by atoms with Gasteiger partial charge in [0.25, 0.3) is 0 Å². The molecule has 2 aromatic carbocycles. The number of likely N-dealkylation sites (tertiary alicyclic amines) is 2. The van der Waals surface area contributed by atoms with Crippen molar-refractivity contribution < 1.29 is 37.5 Å². The fraction of sp³-hybridized carbons (Fsp3) is 0.419. The van der Waals surface area contributed by atoms with Crippen molar-refractivity contribution in [3.8, 4) is 33.6 Å². The van der Waals surface area contributed by atoms with Crippen molar-refractivity contribution in [1.82, 2.24) is 40.4 Å². The number of hydrogen-bond acceptors (Lipinski definition) is 10. The maximum Gasteiger partial charge on any atom is 0.407 e. The first-order chi connectivity index (χ1) is 28.8. The van der Waals surface area contributed by atoms with Crippen molar-refractivity contribution in [2.45, 2.75) is 77.5 Å². The Labute approximate surface area is 345 Å². The number of halogens is 1. The van der Waals surface area contributed by atoms with Crippen molar-refractivity contribution in [2.75, 3.05) is 27.3 Å². The van der Waals surface area contributed by atoms with Crippen molar-refractivity contribution in [3.63, 3.8) is 0 Å². The lowest BCUT2D eigenvalue weighted by Gasteiger charge is -2.30. The van der Waals surface area contributed by atoms with Gasteiger partial charge in [0.1, 0.15) is 41.4 Å². The summed E-state index contributed by atoms with van der Waals surface area (Å²) in [6, 6.07) is 7.40. The first kappa shape index (κ1) is 41.6. The van der Waals surface area contributed by atoms with Crippen LogP contribution in [-0.2, 0) is 19.1 Å². The Bertz CT molecular complexity index is 2480. The smallest absolute Gasteiger partial charge is 0.407 e. The van der Waals surface area contributed by atoms with Crippen LogP contribution >= 0.6 is 0 Å². The van der Waals surface area contributed by atoms with Gasteiger partial charge in [-0.15, -0.1) is 0 Å². The van der Waals surface area contributed by atoms with E-state index in [4.69, 9.17) is 13.9 Å². The molecule has 2 fully saturated rings. The second-order valence-electron chi connectivity index (χ2n) is 15.8. The van der Waals surface area contributed by atoms with Crippen molar-refractivity contribution in [2.24, 2.45) is 11.8 Å². The Hall–Kier alpha value is -6.52. The number of alkyl carbamates (subject to hydrolysis) is 2. The van der Waals surface area contributed by atoms with Gasteiger partial charge in [-0.25, -0.2) is 23.9 Å². The van der Waals surface area contributed by atoms with Crippen LogP contribution in [-0.4, -0.2) is 93.1 Å². The lowest BCUT2D eigenvalue weighted by Crippen LogP contribution is -2.51. The van der Waals surface area contributed by atoms with E-state index < -0.39 is 35.5 Å². The summed E-state index contributed by atoms with van der Waals surface area (Å²) in [5.74, 6) is -0.286. The number of imidazole rings is 2. The van der Waals surface area contributed by atoms with Gasteiger partial charge in [0.2, 0.25) is 17.2 Å². The number of ether oxygens (including phenoxy) is 2. The molecule has 16 nitrogen and oxygen atoms in total. The van der Waals surface area contributed by atoms with Crippen LogP contribution in [0.25, 0.3) is 44.6 Å². The fourth-order valence-electron chi connectivity index (χ4n) is 8.07. The van der Waals surface area contributed by atoms with Gasteiger partial charge in [0.05, 0.1) is 61.0 Å². The lowest BCUT2D eigenvalue weighted by molar-refractivity contribution is -0.136. The monoisotopic (exact) mass is 824 g/mol. The Morgan fingerprint density at radius 2 is 1.27 bits per heavy atom. The zero-order valence-electron chi connectivity index (χ0n) is 34.3. The van der Waals surface area contributed by atoms with Gasteiger partial charge in [-0.3, -0.25) is 14.4 Å². The third-order valence-electron chi connectivity index (χ3n) is 11.3. The van der Waals surface area contributed by atoms with Crippen LogP contribution in [0, 0.1) is 17.7 Å². The van der Waals surface area contributed by atoms with E-state index in [1.807, 2.05) is 27.7 Å². The van der Waals surface area contributed by atoms with E-state index in [0.717, 1.165) is 12.8 Å². The summed E-state index contributed by atoms with van der Waals surface area (Å²) >= 11 is 0. The molecular formula is C43H49FN8O8. The molecule has 60 heavy (non-hydrogen) atoms. The molecule has 5 aromatic rings. The van der Waals surface area contributed by atoms with Crippen LogP contribution in [0.4, 0.5) is 14.0 Å². The maximum atomic E-state index is 15.9. The standard InChI is InChI=1S/C43H49FN8O8/c1-22(2)35(49-42(56)58-5)40(54)51-15-7-9-32(51)38-45-19-30(47-38)24-11-13-26(29(44)17-24)28-21-60-34-18-25(12-14-27(34)37(28)53)31-20-46-39(48-31)33-10-8-16-52(33)41(55)36(23(3)4)50-43(57)59-6/h11-14,17-23,32-33,35-36H,7-10,15-16H2,1-6H3,(H,45,47)(H,46,48)(H,49,56)(H,50,57)/t32-,33-,35-,36-/m0/s1. The Morgan fingerprint density at radius 1 is 0.767 bits per heavy atom. The number of nitrogens with zero attached hydrogens (tertiary/aromatic N) is 4. The van der Waals surface area contributed by atoms with Gasteiger partial charge in [0, 0.05) is 29.8 Å². The molecule has 0 saturated carbocycles. The van der Waals surface area contributed by atoms with Gasteiger partial charge in [-0.05, 0) is 55.7 Å². The molecule has 0 radical (unpaired) electrons. The summed E-state index contributed by atoms with van der Waals surface area (Å²) in [4.78, 5) is 83.9. The second-order valence-corrected chi connectivity index (χ2v) is 15.8. The van der Waals surface area contributed by atoms with Crippen LogP contribution in [0.15, 0.2) is 64.3 Å². The van der Waals surface area contributed by atoms with Gasteiger partial charge in [0.15, 0.2) is 0 Å². The number of amides is 4. The van der Waals surface area contributed by atoms with Crippen molar-refractivity contribution >= 4 is 35.0 Å². The van der Waals surface area contributed by atoms with E-state index in [0.29, 0.717) is 65.7 Å². The number of aromatic amines is 2. The number of H-pyrrole nitrogens is 2. The molecule has 0 spiro atoms. The first-order valence-electron chi connectivity index (χ1n) is 20.1. The van der Waals surface area contributed by atoms with Crippen LogP contribution in [0.1, 0.15) is 77.1 Å². The normalized spacial score (nSPS) is 17.6. The molecule has 5 heterocycles. The largest absolute Gasteiger partial charge is 0.463 e. The van der Waals surface area contributed by atoms with E-state index in [-0.39, 0.29) is 52.2 Å². The Kier molecular flexibility index (Phi) is 12.1. The highest BCUT2D eigenvalue weighted by atomic mass is 19.1. The van der Waals surface area contributed by atoms with Gasteiger partial charge < -0.3 is 44.3 Å². The molecule has 3 aromatic heterocycles. The van der Waals surface area contributed by atoms with Gasteiger partial charge >= 0.3 is 12.2 Å². The zero-order chi connectivity index (χ0) is 42.8. The number of hydrogen-bond donors (Lipinski definition) is 4. The number of nitrogens with one attached hydrogen (secondary N) is 4. The number of aromatic nitrogens is 4. The number of rotatable bonds is 11. The number of methoxy groups -OCH3 is 2. The molecule has 4 atom stereocenters. The highest BCUT2D eigenvalue weighted by Crippen LogP contribution is 2.35. The van der Waals surface area contributed by atoms with E-state index in [1.54, 1.807) is 46.5 Å². The zero-order valence-corrected chi connectivity index (χ0v) is 34.3. The number of benzene rings is 2. The summed E-state index contributed by atoms with van der Waals surface area (Å²) in [6.07, 6.45) is 6.01. The Balaban J connectivity index is 1.07. The van der Waals surface area contributed by atoms with E-state index in [2.05, 4.69) is 30.6 Å². The molecule has 2 saturated heterocycles. The summed E-state index contributed by atoms with van der Waals surface area (Å²) in [6.45, 7) is 8.42. The number of fused-ring (bicyclic) bond motifs is 1. The fourth-order valence-corrected chi connectivity index (χ4v) is 8.07. The quantitative estimate of drug-likeness (QED) is 0.114. The molecule has 0 aliphatic carbocycles. The predicted molar refractivity (Wildman–Crippen MR) is 219 cm³/mol. The third kappa shape index (κ3) is 8.20. The first-order valence-corrected chi connectivity index (χ1v) is 20.1. The summed E-state index contributed by atoms with van der Waals surface area (Å²) in [7, 11) is 2.50. The van der Waals surface area contributed by atoms with Gasteiger partial charge in [-0.2, -0.15) is 0 Å². The second kappa shape index (κ2) is 17.4. The highest BCUT2D eigenvalue weighted by molar-refractivity contribution is 5.88. The topological polar surface area (TPSA) is 205 Å². The number of carbonyl (C=O) groups is 4. The average Bonchev–Trinajstić information content (AvgIpc) is 4.08. The van der Waals surface area contributed by atoms with Crippen LogP contribution in [0.2, 0.25) is 0 Å². The number of carbonyl (C=O) groups excluding carboxylic acids is 4. The van der Waals surface area contributed by atoms with E-state index in [1.165, 1.54) is 32.6 Å². The Morgan fingerprint density at radius 3 is 1.75 bits per heavy atom. The maximum absolute atomic E-state index is 15.9.